The number of rotatable bonds is 2. The molecule has 2 N–H and O–H groups in total. The van der Waals surface area contributed by atoms with Gasteiger partial charge in [0.15, 0.2) is 0 Å². The Labute approximate surface area is 99.6 Å². The maximum atomic E-state index is 11.9. The molecule has 0 bridgehead atoms. The lowest BCUT2D eigenvalue weighted by atomic mass is 10.1. The normalized spacial score (nSPS) is 14.5. The van der Waals surface area contributed by atoms with Gasteiger partial charge in [-0.25, -0.2) is 0 Å². The zero-order valence-corrected chi connectivity index (χ0v) is 9.51. The van der Waals surface area contributed by atoms with Crippen LogP contribution in [0.1, 0.15) is 23.2 Å². The number of halogens is 1. The van der Waals surface area contributed by atoms with Crippen molar-refractivity contribution < 1.29 is 4.79 Å². The Morgan fingerprint density at radius 1 is 1.31 bits per heavy atom. The Morgan fingerprint density at radius 2 is 2.12 bits per heavy atom. The van der Waals surface area contributed by atoms with E-state index in [0.717, 1.165) is 29.3 Å². The third kappa shape index (κ3) is 1.91. The van der Waals surface area contributed by atoms with Crippen LogP contribution >= 0.6 is 12.4 Å². The average Bonchev–Trinajstić information content (AvgIpc) is 2.93. The van der Waals surface area contributed by atoms with Crippen molar-refractivity contribution in [2.45, 2.75) is 18.9 Å². The minimum Gasteiger partial charge on any atom is -0.361 e. The van der Waals surface area contributed by atoms with Gasteiger partial charge in [0.25, 0.3) is 5.91 Å². The largest absolute Gasteiger partial charge is 0.361 e. The number of H-pyrrole nitrogens is 1. The highest BCUT2D eigenvalue weighted by Gasteiger charge is 2.24. The summed E-state index contributed by atoms with van der Waals surface area (Å²) in [6.07, 6.45) is 4.10. The van der Waals surface area contributed by atoms with Gasteiger partial charge in [0.1, 0.15) is 0 Å². The van der Waals surface area contributed by atoms with Gasteiger partial charge >= 0.3 is 0 Å². The number of aromatic nitrogens is 1. The lowest BCUT2D eigenvalue weighted by Gasteiger charge is -2.04. The van der Waals surface area contributed by atoms with Crippen molar-refractivity contribution in [3.8, 4) is 0 Å². The highest BCUT2D eigenvalue weighted by molar-refractivity contribution is 6.06. The second kappa shape index (κ2) is 4.18. The van der Waals surface area contributed by atoms with E-state index < -0.39 is 0 Å². The molecule has 0 aliphatic heterocycles. The smallest absolute Gasteiger partial charge is 0.252 e. The molecule has 1 amide bonds. The van der Waals surface area contributed by atoms with Gasteiger partial charge in [-0.1, -0.05) is 6.07 Å². The number of fused-ring (bicyclic) bond motifs is 1. The van der Waals surface area contributed by atoms with E-state index in [4.69, 9.17) is 0 Å². The first-order valence-electron chi connectivity index (χ1n) is 5.21. The van der Waals surface area contributed by atoms with Crippen LogP contribution < -0.4 is 5.32 Å². The molecule has 1 aliphatic carbocycles. The van der Waals surface area contributed by atoms with Crippen LogP contribution in [-0.4, -0.2) is 16.9 Å². The Bertz CT molecular complexity index is 516. The molecule has 1 fully saturated rings. The Morgan fingerprint density at radius 3 is 2.88 bits per heavy atom. The van der Waals surface area contributed by atoms with Gasteiger partial charge in [-0.15, -0.1) is 12.4 Å². The molecule has 0 atom stereocenters. The molecular formula is C12H13ClN2O. The second-order valence-electron chi connectivity index (χ2n) is 3.99. The first-order valence-corrected chi connectivity index (χ1v) is 5.21. The van der Waals surface area contributed by atoms with E-state index in [1.54, 1.807) is 0 Å². The number of aromatic amines is 1. The molecular weight excluding hydrogens is 224 g/mol. The predicted molar refractivity (Wildman–Crippen MR) is 66.0 cm³/mol. The molecule has 84 valence electrons. The summed E-state index contributed by atoms with van der Waals surface area (Å²) in [4.78, 5) is 15.0. The van der Waals surface area contributed by atoms with Crippen LogP contribution in [0, 0.1) is 0 Å². The number of benzene rings is 1. The maximum Gasteiger partial charge on any atom is 0.252 e. The van der Waals surface area contributed by atoms with Crippen LogP contribution in [0.2, 0.25) is 0 Å². The molecule has 1 aromatic carbocycles. The number of hydrogen-bond donors (Lipinski definition) is 2. The standard InChI is InChI=1S/C12H12N2O.ClH/c15-12(14-8-4-5-8)10-2-1-3-11-9(10)6-7-13-11;/h1-3,6-8,13H,4-5H2,(H,14,15);1H. The fraction of sp³-hybridized carbons (Fsp3) is 0.250. The molecule has 0 spiro atoms. The average molecular weight is 237 g/mol. The van der Waals surface area contributed by atoms with Gasteiger partial charge in [-0.05, 0) is 31.0 Å². The van der Waals surface area contributed by atoms with Crippen molar-refractivity contribution in [3.63, 3.8) is 0 Å². The molecule has 1 aliphatic rings. The number of carbonyl (C=O) groups is 1. The van der Waals surface area contributed by atoms with Crippen molar-refractivity contribution in [2.24, 2.45) is 0 Å². The molecule has 3 nitrogen and oxygen atoms in total. The van der Waals surface area contributed by atoms with Gasteiger partial charge in [0, 0.05) is 28.7 Å². The summed E-state index contributed by atoms with van der Waals surface area (Å²) in [5.74, 6) is 0.0442. The monoisotopic (exact) mass is 236 g/mol. The zero-order valence-electron chi connectivity index (χ0n) is 8.69. The quantitative estimate of drug-likeness (QED) is 0.827. The zero-order chi connectivity index (χ0) is 10.3. The predicted octanol–water partition coefficient (Wildman–Crippen LogP) is 2.48. The van der Waals surface area contributed by atoms with Crippen LogP contribution in [-0.2, 0) is 0 Å². The Balaban J connectivity index is 0.000000963. The van der Waals surface area contributed by atoms with Gasteiger partial charge < -0.3 is 10.3 Å². The van der Waals surface area contributed by atoms with Gasteiger partial charge in [0.05, 0.1) is 0 Å². The minimum atomic E-state index is 0. The fourth-order valence-electron chi connectivity index (χ4n) is 1.77. The van der Waals surface area contributed by atoms with Crippen molar-refractivity contribution in [2.75, 3.05) is 0 Å². The minimum absolute atomic E-state index is 0. The van der Waals surface area contributed by atoms with Gasteiger partial charge in [-0.3, -0.25) is 4.79 Å². The molecule has 1 aromatic heterocycles. The third-order valence-corrected chi connectivity index (χ3v) is 2.75. The third-order valence-electron chi connectivity index (χ3n) is 2.75. The summed E-state index contributed by atoms with van der Waals surface area (Å²) in [5.41, 5.74) is 1.78. The van der Waals surface area contributed by atoms with Gasteiger partial charge in [0.2, 0.25) is 0 Å². The summed E-state index contributed by atoms with van der Waals surface area (Å²) in [5, 5.41) is 4.00. The number of hydrogen-bond acceptors (Lipinski definition) is 1. The van der Waals surface area contributed by atoms with E-state index >= 15 is 0 Å². The topological polar surface area (TPSA) is 44.9 Å². The van der Waals surface area contributed by atoms with E-state index in [1.807, 2.05) is 30.5 Å². The SMILES string of the molecule is Cl.O=C(NC1CC1)c1cccc2[nH]ccc12. The van der Waals surface area contributed by atoms with Crippen molar-refractivity contribution >= 4 is 29.2 Å². The van der Waals surface area contributed by atoms with Crippen molar-refractivity contribution in [3.05, 3.63) is 36.0 Å². The van der Waals surface area contributed by atoms with E-state index in [9.17, 15) is 4.79 Å². The van der Waals surface area contributed by atoms with Crippen molar-refractivity contribution in [1.29, 1.82) is 0 Å². The van der Waals surface area contributed by atoms with Crippen LogP contribution in [0.25, 0.3) is 10.9 Å². The first-order chi connectivity index (χ1) is 7.34. The molecule has 1 heterocycles. The van der Waals surface area contributed by atoms with Crippen LogP contribution in [0.5, 0.6) is 0 Å². The van der Waals surface area contributed by atoms with Crippen LogP contribution in [0.4, 0.5) is 0 Å². The number of amides is 1. The molecule has 16 heavy (non-hydrogen) atoms. The summed E-state index contributed by atoms with van der Waals surface area (Å²) in [7, 11) is 0. The summed E-state index contributed by atoms with van der Waals surface area (Å²) in [6.45, 7) is 0. The highest BCUT2D eigenvalue weighted by atomic mass is 35.5. The fourth-order valence-corrected chi connectivity index (χ4v) is 1.77. The van der Waals surface area contributed by atoms with Gasteiger partial charge in [-0.2, -0.15) is 0 Å². The molecule has 0 radical (unpaired) electrons. The van der Waals surface area contributed by atoms with Crippen molar-refractivity contribution in [1.82, 2.24) is 10.3 Å². The highest BCUT2D eigenvalue weighted by Crippen LogP contribution is 2.21. The van der Waals surface area contributed by atoms with E-state index in [2.05, 4.69) is 10.3 Å². The lowest BCUT2D eigenvalue weighted by Crippen LogP contribution is -2.25. The first kappa shape index (κ1) is 11.0. The molecule has 0 unspecified atom stereocenters. The summed E-state index contributed by atoms with van der Waals surface area (Å²) in [6, 6.07) is 8.10. The Hall–Kier alpha value is -1.48. The van der Waals surface area contributed by atoms with E-state index in [0.29, 0.717) is 6.04 Å². The van der Waals surface area contributed by atoms with E-state index in [1.165, 1.54) is 0 Å². The molecule has 1 saturated carbocycles. The molecule has 4 heteroatoms. The van der Waals surface area contributed by atoms with E-state index in [-0.39, 0.29) is 18.3 Å². The summed E-state index contributed by atoms with van der Waals surface area (Å²) < 4.78 is 0. The number of carbonyl (C=O) groups excluding carboxylic acids is 1. The maximum absolute atomic E-state index is 11.9. The lowest BCUT2D eigenvalue weighted by molar-refractivity contribution is 0.0953. The molecule has 3 rings (SSSR count). The number of nitrogens with one attached hydrogen (secondary N) is 2. The molecule has 0 saturated heterocycles. The Kier molecular flexibility index (Phi) is 2.88. The molecule has 2 aromatic rings. The van der Waals surface area contributed by atoms with Crippen LogP contribution in [0.15, 0.2) is 30.5 Å². The summed E-state index contributed by atoms with van der Waals surface area (Å²) >= 11 is 0. The second-order valence-corrected chi connectivity index (χ2v) is 3.99. The van der Waals surface area contributed by atoms with Crippen LogP contribution in [0.3, 0.4) is 0 Å².